The van der Waals surface area contributed by atoms with Crippen molar-refractivity contribution < 1.29 is 27.1 Å². The number of rotatable bonds is 8. The van der Waals surface area contributed by atoms with Gasteiger partial charge in [-0.3, -0.25) is 14.9 Å². The monoisotopic (exact) mass is 639 g/mol. The molecule has 0 unspecified atom stereocenters. The van der Waals surface area contributed by atoms with E-state index in [0.29, 0.717) is 14.2 Å². The van der Waals surface area contributed by atoms with Gasteiger partial charge in [0.15, 0.2) is 11.5 Å². The zero-order valence-electron chi connectivity index (χ0n) is 18.3. The lowest BCUT2D eigenvalue weighted by Gasteiger charge is -2.14. The second kappa shape index (κ2) is 11.4. The predicted molar refractivity (Wildman–Crippen MR) is 140 cm³/mol. The van der Waals surface area contributed by atoms with Gasteiger partial charge in [0, 0.05) is 22.8 Å². The number of anilines is 1. The Hall–Kier alpha value is -3.67. The number of nitro groups is 1. The van der Waals surface area contributed by atoms with Crippen LogP contribution < -0.4 is 14.2 Å². The number of carbonyl (C=O) groups is 1. The molecule has 1 N–H and O–H groups in total. The lowest BCUT2D eigenvalue weighted by molar-refractivity contribution is -0.384. The largest absolute Gasteiger partial charge is 0.493 e. The number of nitrogens with one attached hydrogen (secondary N) is 1. The number of ether oxygens (including phenoxy) is 1. The first kappa shape index (κ1) is 26.9. The summed E-state index contributed by atoms with van der Waals surface area (Å²) >= 11 is 7.65. The SMILES string of the molecule is COc1cc(/C=C(\C#N)C(=O)Nc2cccc([N+](=O)[O-])c2)cc(I)c1OS(=O)(=O)c1ccc(Cl)cc1. The summed E-state index contributed by atoms with van der Waals surface area (Å²) < 4.78 is 36.3. The quantitative estimate of drug-likeness (QED) is 0.0886. The number of hydrogen-bond acceptors (Lipinski definition) is 8. The normalized spacial score (nSPS) is 11.3. The Kier molecular flexibility index (Phi) is 8.51. The second-order valence-electron chi connectivity index (χ2n) is 6.96. The molecule has 0 aromatic heterocycles. The Morgan fingerprint density at radius 1 is 1.19 bits per heavy atom. The number of amides is 1. The number of methoxy groups -OCH3 is 1. The first-order valence-corrected chi connectivity index (χ1v) is 12.7. The first-order chi connectivity index (χ1) is 17.0. The van der Waals surface area contributed by atoms with Crippen LogP contribution in [0, 0.1) is 25.0 Å². The summed E-state index contributed by atoms with van der Waals surface area (Å²) in [6, 6.07) is 15.4. The van der Waals surface area contributed by atoms with Crippen LogP contribution in [0.5, 0.6) is 11.5 Å². The predicted octanol–water partition coefficient (Wildman–Crippen LogP) is 5.17. The summed E-state index contributed by atoms with van der Waals surface area (Å²) in [6.07, 6.45) is 1.26. The molecule has 184 valence electrons. The van der Waals surface area contributed by atoms with Gasteiger partial charge in [0.05, 0.1) is 15.6 Å². The maximum atomic E-state index is 12.7. The molecule has 0 saturated carbocycles. The number of nitriles is 1. The van der Waals surface area contributed by atoms with Gasteiger partial charge in [0.2, 0.25) is 0 Å². The Labute approximate surface area is 224 Å². The lowest BCUT2D eigenvalue weighted by atomic mass is 10.1. The van der Waals surface area contributed by atoms with Crippen molar-refractivity contribution in [3.8, 4) is 17.6 Å². The molecule has 0 aliphatic heterocycles. The van der Waals surface area contributed by atoms with E-state index in [1.807, 2.05) is 22.6 Å². The molecule has 3 aromatic rings. The number of nitrogens with zero attached hydrogens (tertiary/aromatic N) is 2. The van der Waals surface area contributed by atoms with Crippen molar-refractivity contribution in [2.75, 3.05) is 12.4 Å². The van der Waals surface area contributed by atoms with E-state index in [1.54, 1.807) is 6.07 Å². The van der Waals surface area contributed by atoms with Crippen molar-refractivity contribution in [1.82, 2.24) is 0 Å². The van der Waals surface area contributed by atoms with Crippen molar-refractivity contribution >= 4 is 67.7 Å². The molecule has 0 spiro atoms. The highest BCUT2D eigenvalue weighted by molar-refractivity contribution is 14.1. The Morgan fingerprint density at radius 2 is 1.89 bits per heavy atom. The van der Waals surface area contributed by atoms with Crippen LogP contribution in [0.2, 0.25) is 5.02 Å². The Bertz CT molecular complexity index is 1520. The van der Waals surface area contributed by atoms with Gasteiger partial charge in [-0.15, -0.1) is 0 Å². The molecular weight excluding hydrogens is 625 g/mol. The number of halogens is 2. The maximum Gasteiger partial charge on any atom is 0.339 e. The zero-order chi connectivity index (χ0) is 26.5. The average Bonchev–Trinajstić information content (AvgIpc) is 2.84. The van der Waals surface area contributed by atoms with Crippen LogP contribution >= 0.6 is 34.2 Å². The van der Waals surface area contributed by atoms with E-state index in [2.05, 4.69) is 5.32 Å². The van der Waals surface area contributed by atoms with E-state index >= 15 is 0 Å². The molecule has 0 heterocycles. The van der Waals surface area contributed by atoms with E-state index in [1.165, 1.54) is 67.8 Å². The highest BCUT2D eigenvalue weighted by Gasteiger charge is 2.22. The maximum absolute atomic E-state index is 12.7. The summed E-state index contributed by atoms with van der Waals surface area (Å²) in [4.78, 5) is 22.8. The number of hydrogen-bond donors (Lipinski definition) is 1. The van der Waals surface area contributed by atoms with Crippen molar-refractivity contribution in [3.05, 3.63) is 90.5 Å². The average molecular weight is 640 g/mol. The molecule has 1 amide bonds. The van der Waals surface area contributed by atoms with Crippen LogP contribution in [-0.2, 0) is 14.9 Å². The van der Waals surface area contributed by atoms with E-state index < -0.39 is 20.9 Å². The van der Waals surface area contributed by atoms with Crippen molar-refractivity contribution in [1.29, 1.82) is 5.26 Å². The molecule has 3 aromatic carbocycles. The van der Waals surface area contributed by atoms with E-state index in [0.717, 1.165) is 6.07 Å². The van der Waals surface area contributed by atoms with E-state index in [4.69, 9.17) is 20.5 Å². The second-order valence-corrected chi connectivity index (χ2v) is 10.1. The van der Waals surface area contributed by atoms with Crippen LogP contribution in [0.4, 0.5) is 11.4 Å². The fourth-order valence-corrected chi connectivity index (χ4v) is 4.84. The Morgan fingerprint density at radius 3 is 2.50 bits per heavy atom. The number of nitro benzene ring substituents is 1. The van der Waals surface area contributed by atoms with Gasteiger partial charge >= 0.3 is 10.1 Å². The molecule has 10 nitrogen and oxygen atoms in total. The van der Waals surface area contributed by atoms with Crippen LogP contribution in [0.1, 0.15) is 5.56 Å². The summed E-state index contributed by atoms with van der Waals surface area (Å²) in [5.74, 6) is -0.829. The minimum absolute atomic E-state index is 0.0436. The standard InChI is InChI=1S/C23H15ClIN3O7S/c1-34-21-11-14(9-15(13-26)23(29)27-17-3-2-4-18(12-17)28(30)31)10-20(25)22(21)35-36(32,33)19-7-5-16(24)6-8-19/h2-12H,1H3,(H,27,29)/b15-9+. The third-order valence-corrected chi connectivity index (χ3v) is 6.83. The molecule has 3 rings (SSSR count). The smallest absolute Gasteiger partial charge is 0.339 e. The lowest BCUT2D eigenvalue weighted by Crippen LogP contribution is -2.13. The number of carbonyl (C=O) groups excluding carboxylic acids is 1. The molecule has 0 aliphatic carbocycles. The minimum atomic E-state index is -4.21. The third kappa shape index (κ3) is 6.51. The molecule has 0 atom stereocenters. The van der Waals surface area contributed by atoms with Gasteiger partial charge in [-0.25, -0.2) is 0 Å². The number of non-ortho nitro benzene ring substituents is 1. The molecule has 0 saturated heterocycles. The highest BCUT2D eigenvalue weighted by atomic mass is 127. The van der Waals surface area contributed by atoms with Gasteiger partial charge in [-0.1, -0.05) is 17.7 Å². The molecule has 36 heavy (non-hydrogen) atoms. The zero-order valence-corrected chi connectivity index (χ0v) is 22.0. The van der Waals surface area contributed by atoms with Crippen LogP contribution in [0.25, 0.3) is 6.08 Å². The van der Waals surface area contributed by atoms with Crippen LogP contribution in [-0.4, -0.2) is 26.4 Å². The Balaban J connectivity index is 1.90. The number of benzene rings is 3. The van der Waals surface area contributed by atoms with Crippen molar-refractivity contribution in [2.45, 2.75) is 4.90 Å². The fourth-order valence-electron chi connectivity index (χ4n) is 2.87. The first-order valence-electron chi connectivity index (χ1n) is 9.79. The summed E-state index contributed by atoms with van der Waals surface area (Å²) in [5.41, 5.74) is -0.0440. The molecule has 0 radical (unpaired) electrons. The molecular formula is C23H15ClIN3O7S. The highest BCUT2D eigenvalue weighted by Crippen LogP contribution is 2.36. The van der Waals surface area contributed by atoms with Crippen LogP contribution in [0.3, 0.4) is 0 Å². The van der Waals surface area contributed by atoms with Crippen molar-refractivity contribution in [2.24, 2.45) is 0 Å². The van der Waals surface area contributed by atoms with Crippen molar-refractivity contribution in [3.63, 3.8) is 0 Å². The topological polar surface area (TPSA) is 149 Å². The van der Waals surface area contributed by atoms with E-state index in [9.17, 15) is 28.6 Å². The molecule has 0 aliphatic rings. The van der Waals surface area contributed by atoms with Gasteiger partial charge in [0.1, 0.15) is 16.5 Å². The van der Waals surface area contributed by atoms with Gasteiger partial charge < -0.3 is 14.2 Å². The molecule has 0 fully saturated rings. The van der Waals surface area contributed by atoms with Crippen LogP contribution in [0.15, 0.2) is 71.1 Å². The summed E-state index contributed by atoms with van der Waals surface area (Å²) in [6.45, 7) is 0. The summed E-state index contributed by atoms with van der Waals surface area (Å²) in [7, 11) is -2.90. The van der Waals surface area contributed by atoms with Gasteiger partial charge in [-0.05, 0) is 76.7 Å². The fraction of sp³-hybridized carbons (Fsp3) is 0.0435. The molecule has 13 heteroatoms. The summed E-state index contributed by atoms with van der Waals surface area (Å²) in [5, 5.41) is 23.2. The van der Waals surface area contributed by atoms with Gasteiger partial charge in [-0.2, -0.15) is 13.7 Å². The van der Waals surface area contributed by atoms with Gasteiger partial charge in [0.25, 0.3) is 11.6 Å². The minimum Gasteiger partial charge on any atom is -0.493 e. The molecule has 0 bridgehead atoms. The third-order valence-electron chi connectivity index (χ3n) is 4.54. The van der Waals surface area contributed by atoms with E-state index in [-0.39, 0.29) is 33.3 Å².